The SMILES string of the molecule is CC(=O)OCC(CCO)c1c(O)cc2c(c1O)C(=O)c1c(O)cc(O)cc1C2=O. The Morgan fingerprint density at radius 1 is 0.966 bits per heavy atom. The number of fused-ring (bicyclic) bond motifs is 2. The lowest BCUT2D eigenvalue weighted by Gasteiger charge is -2.24. The summed E-state index contributed by atoms with van der Waals surface area (Å²) >= 11 is 0. The van der Waals surface area contributed by atoms with Crippen molar-refractivity contribution in [1.82, 2.24) is 0 Å². The van der Waals surface area contributed by atoms with Gasteiger partial charge in [0.15, 0.2) is 5.78 Å². The van der Waals surface area contributed by atoms with Gasteiger partial charge in [0.05, 0.1) is 17.7 Å². The Kier molecular flexibility index (Phi) is 5.17. The number of aliphatic hydroxyl groups excluding tert-OH is 1. The van der Waals surface area contributed by atoms with Gasteiger partial charge in [-0.2, -0.15) is 0 Å². The molecule has 0 aliphatic heterocycles. The Balaban J connectivity index is 2.20. The molecule has 2 aromatic carbocycles. The second-order valence-corrected chi connectivity index (χ2v) is 6.64. The molecule has 29 heavy (non-hydrogen) atoms. The van der Waals surface area contributed by atoms with Crippen LogP contribution in [-0.4, -0.2) is 56.3 Å². The molecule has 152 valence electrons. The molecule has 1 aliphatic rings. The number of esters is 1. The van der Waals surface area contributed by atoms with Gasteiger partial charge in [-0.1, -0.05) is 0 Å². The summed E-state index contributed by atoms with van der Waals surface area (Å²) in [6, 6.07) is 2.89. The second kappa shape index (κ2) is 7.44. The molecule has 0 heterocycles. The lowest BCUT2D eigenvalue weighted by Crippen LogP contribution is -2.22. The monoisotopic (exact) mass is 402 g/mol. The molecule has 0 bridgehead atoms. The third kappa shape index (κ3) is 3.36. The van der Waals surface area contributed by atoms with E-state index in [1.54, 1.807) is 0 Å². The highest BCUT2D eigenvalue weighted by Gasteiger charge is 2.38. The van der Waals surface area contributed by atoms with E-state index in [0.29, 0.717) is 0 Å². The van der Waals surface area contributed by atoms with E-state index in [1.165, 1.54) is 6.92 Å². The van der Waals surface area contributed by atoms with Crippen LogP contribution in [-0.2, 0) is 9.53 Å². The second-order valence-electron chi connectivity index (χ2n) is 6.64. The zero-order valence-electron chi connectivity index (χ0n) is 15.3. The fourth-order valence-corrected chi connectivity index (χ4v) is 3.47. The molecule has 0 amide bonds. The molecule has 2 aromatic rings. The maximum Gasteiger partial charge on any atom is 0.302 e. The van der Waals surface area contributed by atoms with Crippen LogP contribution in [0.5, 0.6) is 23.0 Å². The number of aliphatic hydroxyl groups is 1. The van der Waals surface area contributed by atoms with Crippen LogP contribution in [0.1, 0.15) is 56.7 Å². The maximum absolute atomic E-state index is 12.9. The van der Waals surface area contributed by atoms with Crippen molar-refractivity contribution in [1.29, 1.82) is 0 Å². The van der Waals surface area contributed by atoms with Gasteiger partial charge >= 0.3 is 5.97 Å². The Labute approximate surface area is 164 Å². The van der Waals surface area contributed by atoms with Crippen LogP contribution >= 0.6 is 0 Å². The van der Waals surface area contributed by atoms with Gasteiger partial charge in [0, 0.05) is 42.2 Å². The van der Waals surface area contributed by atoms with E-state index in [0.717, 1.165) is 18.2 Å². The van der Waals surface area contributed by atoms with Gasteiger partial charge in [0.25, 0.3) is 0 Å². The van der Waals surface area contributed by atoms with Gasteiger partial charge in [0.2, 0.25) is 5.78 Å². The number of benzene rings is 2. The van der Waals surface area contributed by atoms with Crippen molar-refractivity contribution < 1.29 is 44.7 Å². The summed E-state index contributed by atoms with van der Waals surface area (Å²) in [5.41, 5.74) is -1.55. The van der Waals surface area contributed by atoms with E-state index in [-0.39, 0.29) is 41.9 Å². The van der Waals surface area contributed by atoms with Crippen LogP contribution in [0.2, 0.25) is 0 Å². The molecular formula is C20H18O9. The number of hydrogen-bond donors (Lipinski definition) is 5. The quantitative estimate of drug-likeness (QED) is 0.396. The van der Waals surface area contributed by atoms with Gasteiger partial charge in [-0.15, -0.1) is 0 Å². The first-order chi connectivity index (χ1) is 13.7. The molecule has 1 unspecified atom stereocenters. The van der Waals surface area contributed by atoms with Crippen LogP contribution < -0.4 is 0 Å². The topological polar surface area (TPSA) is 162 Å². The van der Waals surface area contributed by atoms with Crippen LogP contribution in [0.4, 0.5) is 0 Å². The summed E-state index contributed by atoms with van der Waals surface area (Å²) in [6.45, 7) is 0.519. The average molecular weight is 402 g/mol. The molecule has 0 saturated heterocycles. The molecule has 0 radical (unpaired) electrons. The first kappa shape index (κ1) is 20.2. The maximum atomic E-state index is 12.9. The standard InChI is InChI=1S/C20H18O9/c1-8(22)29-7-9(2-3-21)15-14(25)6-12-17(19(15)27)20(28)16-11(18(12)26)4-10(23)5-13(16)24/h4-6,9,21,23-25,27H,2-3,7H2,1H3. The van der Waals surface area contributed by atoms with Crippen molar-refractivity contribution in [3.05, 3.63) is 46.0 Å². The van der Waals surface area contributed by atoms with Crippen LogP contribution in [0.25, 0.3) is 0 Å². The van der Waals surface area contributed by atoms with E-state index in [9.17, 15) is 39.9 Å². The predicted octanol–water partition coefficient (Wildman–Crippen LogP) is 1.31. The highest BCUT2D eigenvalue weighted by molar-refractivity contribution is 6.30. The Hall–Kier alpha value is -3.59. The van der Waals surface area contributed by atoms with Crippen molar-refractivity contribution in [3.63, 3.8) is 0 Å². The summed E-state index contributed by atoms with van der Waals surface area (Å²) in [4.78, 5) is 36.9. The van der Waals surface area contributed by atoms with Crippen molar-refractivity contribution >= 4 is 17.5 Å². The predicted molar refractivity (Wildman–Crippen MR) is 97.5 cm³/mol. The molecule has 9 nitrogen and oxygen atoms in total. The molecule has 1 aliphatic carbocycles. The molecule has 0 spiro atoms. The van der Waals surface area contributed by atoms with Gasteiger partial charge in [-0.3, -0.25) is 14.4 Å². The Morgan fingerprint density at radius 2 is 1.62 bits per heavy atom. The minimum Gasteiger partial charge on any atom is -0.508 e. The Morgan fingerprint density at radius 3 is 2.24 bits per heavy atom. The first-order valence-corrected chi connectivity index (χ1v) is 8.65. The number of carbonyl (C=O) groups excluding carboxylic acids is 3. The molecule has 0 saturated carbocycles. The molecule has 1 atom stereocenters. The van der Waals surface area contributed by atoms with Crippen LogP contribution in [0.15, 0.2) is 18.2 Å². The van der Waals surface area contributed by atoms with Crippen molar-refractivity contribution in [2.45, 2.75) is 19.3 Å². The van der Waals surface area contributed by atoms with Gasteiger partial charge in [0.1, 0.15) is 23.0 Å². The van der Waals surface area contributed by atoms with Crippen molar-refractivity contribution in [3.8, 4) is 23.0 Å². The number of ketones is 2. The van der Waals surface area contributed by atoms with Crippen LogP contribution in [0.3, 0.4) is 0 Å². The minimum absolute atomic E-state index is 0.00890. The molecular weight excluding hydrogens is 384 g/mol. The smallest absolute Gasteiger partial charge is 0.302 e. The number of ether oxygens (including phenoxy) is 1. The summed E-state index contributed by atoms with van der Waals surface area (Å²) in [6.07, 6.45) is -0.00890. The van der Waals surface area contributed by atoms with Gasteiger partial charge < -0.3 is 30.3 Å². The lowest BCUT2D eigenvalue weighted by molar-refractivity contribution is -0.141. The molecule has 0 fully saturated rings. The van der Waals surface area contributed by atoms with E-state index < -0.39 is 52.0 Å². The number of hydrogen-bond acceptors (Lipinski definition) is 9. The number of rotatable bonds is 5. The number of phenolic OH excluding ortho intramolecular Hbond substituents is 4. The van der Waals surface area contributed by atoms with Gasteiger partial charge in [-0.05, 0) is 18.6 Å². The fraction of sp³-hybridized carbons (Fsp3) is 0.250. The minimum atomic E-state index is -0.874. The summed E-state index contributed by atoms with van der Waals surface area (Å²) in [7, 11) is 0. The normalized spacial score (nSPS) is 13.6. The first-order valence-electron chi connectivity index (χ1n) is 8.65. The van der Waals surface area contributed by atoms with E-state index in [4.69, 9.17) is 4.74 Å². The highest BCUT2D eigenvalue weighted by atomic mass is 16.5. The molecule has 9 heteroatoms. The average Bonchev–Trinajstić information content (AvgIpc) is 2.62. The third-order valence-electron chi connectivity index (χ3n) is 4.74. The van der Waals surface area contributed by atoms with E-state index in [2.05, 4.69) is 0 Å². The number of carbonyl (C=O) groups is 3. The summed E-state index contributed by atoms with van der Waals surface area (Å²) in [5.74, 6) is -5.42. The van der Waals surface area contributed by atoms with Gasteiger partial charge in [-0.25, -0.2) is 0 Å². The fourth-order valence-electron chi connectivity index (χ4n) is 3.47. The Bertz CT molecular complexity index is 1040. The molecule has 3 rings (SSSR count). The van der Waals surface area contributed by atoms with E-state index >= 15 is 0 Å². The molecule has 5 N–H and O–H groups in total. The molecule has 0 aromatic heterocycles. The summed E-state index contributed by atoms with van der Waals surface area (Å²) < 4.78 is 4.91. The number of phenols is 4. The largest absolute Gasteiger partial charge is 0.508 e. The van der Waals surface area contributed by atoms with Crippen molar-refractivity contribution in [2.24, 2.45) is 0 Å². The zero-order chi connectivity index (χ0) is 21.5. The summed E-state index contributed by atoms with van der Waals surface area (Å²) in [5, 5.41) is 50.1. The zero-order valence-corrected chi connectivity index (χ0v) is 15.3. The highest BCUT2D eigenvalue weighted by Crippen LogP contribution is 2.45. The van der Waals surface area contributed by atoms with Crippen molar-refractivity contribution in [2.75, 3.05) is 13.2 Å². The van der Waals surface area contributed by atoms with Crippen LogP contribution in [0, 0.1) is 0 Å². The number of aromatic hydroxyl groups is 4. The lowest BCUT2D eigenvalue weighted by atomic mass is 9.80. The van der Waals surface area contributed by atoms with E-state index in [1.807, 2.05) is 0 Å². The third-order valence-corrected chi connectivity index (χ3v) is 4.74.